The average Bonchev–Trinajstić information content (AvgIpc) is 2.89. The first-order valence-electron chi connectivity index (χ1n) is 8.03. The first-order valence-corrected chi connectivity index (χ1v) is 9.92. The molecule has 1 saturated heterocycles. The molecular weight excluding hydrogens is 314 g/mol. The van der Waals surface area contributed by atoms with E-state index in [9.17, 15) is 13.2 Å². The predicted molar refractivity (Wildman–Crippen MR) is 88.6 cm³/mol. The molecule has 2 atom stereocenters. The van der Waals surface area contributed by atoms with Crippen molar-refractivity contribution in [3.63, 3.8) is 0 Å². The van der Waals surface area contributed by atoms with Gasteiger partial charge in [0.1, 0.15) is 0 Å². The molecule has 1 aliphatic heterocycles. The van der Waals surface area contributed by atoms with Crippen molar-refractivity contribution in [3.05, 3.63) is 35.4 Å². The molecule has 2 N–H and O–H groups in total. The molecular formula is C16H23N3O3S. The molecule has 1 aliphatic carbocycles. The third kappa shape index (κ3) is 4.03. The molecule has 23 heavy (non-hydrogen) atoms. The molecule has 6 nitrogen and oxygen atoms in total. The van der Waals surface area contributed by atoms with Crippen molar-refractivity contribution >= 4 is 16.1 Å². The molecule has 1 aromatic rings. The fourth-order valence-corrected chi connectivity index (χ4v) is 4.31. The van der Waals surface area contributed by atoms with E-state index in [4.69, 9.17) is 0 Å². The zero-order valence-corrected chi connectivity index (χ0v) is 14.1. The molecule has 0 radical (unpaired) electrons. The molecule has 0 unspecified atom stereocenters. The summed E-state index contributed by atoms with van der Waals surface area (Å²) >= 11 is 0. The Bertz CT molecular complexity index is 690. The first kappa shape index (κ1) is 16.3. The zero-order chi connectivity index (χ0) is 16.4. The number of fused-ring (bicyclic) bond motifs is 1. The fourth-order valence-electron chi connectivity index (χ4n) is 3.51. The summed E-state index contributed by atoms with van der Waals surface area (Å²) in [5.41, 5.74) is 2.50. The molecule has 0 saturated carbocycles. The van der Waals surface area contributed by atoms with Gasteiger partial charge in [-0.2, -0.15) is 0 Å². The van der Waals surface area contributed by atoms with Gasteiger partial charge in [-0.1, -0.05) is 24.3 Å². The number of aryl methyl sites for hydroxylation is 1. The van der Waals surface area contributed by atoms with Crippen molar-refractivity contribution in [2.45, 2.75) is 37.8 Å². The third-order valence-electron chi connectivity index (χ3n) is 4.52. The Balaban J connectivity index is 1.60. The number of nitrogens with one attached hydrogen (secondary N) is 2. The summed E-state index contributed by atoms with van der Waals surface area (Å²) in [6.07, 6.45) is 4.63. The SMILES string of the molecule is CS(=O)(=O)N[C@H]1CCCN(C(=O)N[C@H]2CCc3ccccc32)C1. The standard InChI is InChI=1S/C16H23N3O3S/c1-23(21,22)18-13-6-4-10-19(11-13)16(20)17-15-9-8-12-5-2-3-7-14(12)15/h2-3,5,7,13,15,18H,4,6,8-11H2,1H3,(H,17,20)/t13-,15-/m0/s1. The Morgan fingerprint density at radius 2 is 2.04 bits per heavy atom. The monoisotopic (exact) mass is 337 g/mol. The van der Waals surface area contributed by atoms with Crippen molar-refractivity contribution in [1.29, 1.82) is 0 Å². The minimum atomic E-state index is -3.24. The van der Waals surface area contributed by atoms with Crippen LogP contribution in [0.2, 0.25) is 0 Å². The summed E-state index contributed by atoms with van der Waals surface area (Å²) in [4.78, 5) is 14.2. The van der Waals surface area contributed by atoms with Crippen LogP contribution in [0.4, 0.5) is 4.79 Å². The smallest absolute Gasteiger partial charge is 0.317 e. The number of nitrogens with zero attached hydrogens (tertiary/aromatic N) is 1. The minimum Gasteiger partial charge on any atom is -0.331 e. The van der Waals surface area contributed by atoms with Crippen molar-refractivity contribution < 1.29 is 13.2 Å². The highest BCUT2D eigenvalue weighted by atomic mass is 32.2. The summed E-state index contributed by atoms with van der Waals surface area (Å²) in [5, 5.41) is 3.10. The number of amides is 2. The molecule has 0 bridgehead atoms. The Kier molecular flexibility index (Phi) is 4.59. The van der Waals surface area contributed by atoms with Gasteiger partial charge < -0.3 is 10.2 Å². The molecule has 2 aliphatic rings. The van der Waals surface area contributed by atoms with E-state index in [1.165, 1.54) is 11.1 Å². The molecule has 1 fully saturated rings. The summed E-state index contributed by atoms with van der Waals surface area (Å²) in [7, 11) is -3.24. The number of urea groups is 1. The number of hydrogen-bond acceptors (Lipinski definition) is 3. The second-order valence-corrected chi connectivity index (χ2v) is 8.19. The van der Waals surface area contributed by atoms with Crippen molar-refractivity contribution in [2.75, 3.05) is 19.3 Å². The number of likely N-dealkylation sites (tertiary alicyclic amines) is 1. The van der Waals surface area contributed by atoms with Crippen LogP contribution in [0.1, 0.15) is 36.4 Å². The Hall–Kier alpha value is -1.60. The maximum atomic E-state index is 12.5. The molecule has 0 aromatic heterocycles. The maximum absolute atomic E-state index is 12.5. The molecule has 7 heteroatoms. The normalized spacial score (nSPS) is 24.3. The quantitative estimate of drug-likeness (QED) is 0.875. The van der Waals surface area contributed by atoms with Gasteiger partial charge in [0.05, 0.1) is 12.3 Å². The highest BCUT2D eigenvalue weighted by Gasteiger charge is 2.29. The number of piperidine rings is 1. The summed E-state index contributed by atoms with van der Waals surface area (Å²) in [6, 6.07) is 7.95. The number of carbonyl (C=O) groups is 1. The lowest BCUT2D eigenvalue weighted by Crippen LogP contribution is -2.52. The van der Waals surface area contributed by atoms with E-state index in [1.54, 1.807) is 4.90 Å². The first-order chi connectivity index (χ1) is 10.9. The summed E-state index contributed by atoms with van der Waals surface area (Å²) in [5.74, 6) is 0. The van der Waals surface area contributed by atoms with Crippen molar-refractivity contribution in [3.8, 4) is 0 Å². The van der Waals surface area contributed by atoms with Crippen LogP contribution >= 0.6 is 0 Å². The molecule has 1 heterocycles. The molecule has 1 aromatic carbocycles. The Labute approximate surface area is 137 Å². The van der Waals surface area contributed by atoms with Crippen molar-refractivity contribution in [2.24, 2.45) is 0 Å². The Morgan fingerprint density at radius 3 is 2.83 bits per heavy atom. The highest BCUT2D eigenvalue weighted by Crippen LogP contribution is 2.30. The van der Waals surface area contributed by atoms with E-state index in [0.717, 1.165) is 31.9 Å². The van der Waals surface area contributed by atoms with Crippen LogP contribution in [-0.2, 0) is 16.4 Å². The number of benzene rings is 1. The average molecular weight is 337 g/mol. The minimum absolute atomic E-state index is 0.0574. The molecule has 2 amide bonds. The van der Waals surface area contributed by atoms with Gasteiger partial charge in [0.2, 0.25) is 10.0 Å². The maximum Gasteiger partial charge on any atom is 0.317 e. The van der Waals surface area contributed by atoms with E-state index in [0.29, 0.717) is 13.1 Å². The largest absolute Gasteiger partial charge is 0.331 e. The predicted octanol–water partition coefficient (Wildman–Crippen LogP) is 1.40. The zero-order valence-electron chi connectivity index (χ0n) is 13.3. The third-order valence-corrected chi connectivity index (χ3v) is 5.28. The molecule has 3 rings (SSSR count). The van der Waals surface area contributed by atoms with E-state index in [1.807, 2.05) is 12.1 Å². The van der Waals surface area contributed by atoms with Gasteiger partial charge >= 0.3 is 6.03 Å². The number of sulfonamides is 1. The van der Waals surface area contributed by atoms with Crippen LogP contribution in [0, 0.1) is 0 Å². The van der Waals surface area contributed by atoms with E-state index >= 15 is 0 Å². The topological polar surface area (TPSA) is 78.5 Å². The van der Waals surface area contributed by atoms with Gasteiger partial charge in [0, 0.05) is 19.1 Å². The summed E-state index contributed by atoms with van der Waals surface area (Å²) in [6.45, 7) is 1.09. The second kappa shape index (κ2) is 6.49. The van der Waals surface area contributed by atoms with Crippen molar-refractivity contribution in [1.82, 2.24) is 14.9 Å². The van der Waals surface area contributed by atoms with Gasteiger partial charge in [-0.05, 0) is 36.8 Å². The summed E-state index contributed by atoms with van der Waals surface area (Å²) < 4.78 is 25.3. The van der Waals surface area contributed by atoms with Crippen LogP contribution in [0.25, 0.3) is 0 Å². The number of hydrogen-bond donors (Lipinski definition) is 2. The lowest BCUT2D eigenvalue weighted by Gasteiger charge is -2.33. The Morgan fingerprint density at radius 1 is 1.26 bits per heavy atom. The highest BCUT2D eigenvalue weighted by molar-refractivity contribution is 7.88. The number of carbonyl (C=O) groups excluding carboxylic acids is 1. The molecule has 0 spiro atoms. The number of rotatable bonds is 3. The van der Waals surface area contributed by atoms with E-state index in [-0.39, 0.29) is 18.1 Å². The second-order valence-electron chi connectivity index (χ2n) is 6.41. The van der Waals surface area contributed by atoms with E-state index in [2.05, 4.69) is 22.2 Å². The van der Waals surface area contributed by atoms with Crippen LogP contribution in [0.3, 0.4) is 0 Å². The van der Waals surface area contributed by atoms with Gasteiger partial charge in [-0.3, -0.25) is 0 Å². The van der Waals surface area contributed by atoms with Crippen LogP contribution in [0.15, 0.2) is 24.3 Å². The lowest BCUT2D eigenvalue weighted by atomic mass is 10.1. The van der Waals surface area contributed by atoms with Crippen LogP contribution in [0.5, 0.6) is 0 Å². The molecule has 126 valence electrons. The van der Waals surface area contributed by atoms with Crippen LogP contribution in [-0.4, -0.2) is 44.7 Å². The van der Waals surface area contributed by atoms with E-state index < -0.39 is 10.0 Å². The van der Waals surface area contributed by atoms with Gasteiger partial charge in [0.25, 0.3) is 0 Å². The van der Waals surface area contributed by atoms with Crippen LogP contribution < -0.4 is 10.0 Å². The lowest BCUT2D eigenvalue weighted by molar-refractivity contribution is 0.173. The van der Waals surface area contributed by atoms with Gasteiger partial charge in [-0.25, -0.2) is 17.9 Å². The van der Waals surface area contributed by atoms with Gasteiger partial charge in [0.15, 0.2) is 0 Å². The van der Waals surface area contributed by atoms with Gasteiger partial charge in [-0.15, -0.1) is 0 Å². The fraction of sp³-hybridized carbons (Fsp3) is 0.562.